The van der Waals surface area contributed by atoms with Crippen molar-refractivity contribution >= 4 is 0 Å². The third-order valence-corrected chi connectivity index (χ3v) is 2.50. The van der Waals surface area contributed by atoms with Crippen molar-refractivity contribution in [3.05, 3.63) is 35.1 Å². The van der Waals surface area contributed by atoms with Crippen molar-refractivity contribution in [1.82, 2.24) is 5.32 Å². The molecule has 3 heteroatoms. The number of halogens is 1. The van der Waals surface area contributed by atoms with Crippen LogP contribution in [0.25, 0.3) is 0 Å². The van der Waals surface area contributed by atoms with Gasteiger partial charge in [0.1, 0.15) is 5.82 Å². The van der Waals surface area contributed by atoms with Crippen LogP contribution >= 0.6 is 0 Å². The molecule has 2 atom stereocenters. The molecule has 0 radical (unpaired) electrons. The van der Waals surface area contributed by atoms with E-state index in [1.807, 2.05) is 19.9 Å². The molecule has 2 N–H and O–H groups in total. The standard InChI is InChI=1S/C12H18FNO/c1-8-4-5-11(6-12(8)13)10(3)14-9(2)7-15/h4-6,9-10,14-15H,7H2,1-3H3. The fourth-order valence-corrected chi connectivity index (χ4v) is 1.45. The zero-order chi connectivity index (χ0) is 11.4. The summed E-state index contributed by atoms with van der Waals surface area (Å²) in [6.07, 6.45) is 0. The molecule has 2 unspecified atom stereocenters. The Morgan fingerprint density at radius 1 is 1.40 bits per heavy atom. The van der Waals surface area contributed by atoms with E-state index in [0.717, 1.165) is 5.56 Å². The third kappa shape index (κ3) is 3.29. The second-order valence-corrected chi connectivity index (χ2v) is 3.98. The maximum atomic E-state index is 13.3. The molecule has 0 heterocycles. The average molecular weight is 211 g/mol. The highest BCUT2D eigenvalue weighted by atomic mass is 19.1. The Morgan fingerprint density at radius 2 is 2.07 bits per heavy atom. The van der Waals surface area contributed by atoms with E-state index in [0.29, 0.717) is 5.56 Å². The van der Waals surface area contributed by atoms with Crippen molar-refractivity contribution in [2.45, 2.75) is 32.9 Å². The molecule has 0 saturated heterocycles. The van der Waals surface area contributed by atoms with Gasteiger partial charge in [0, 0.05) is 12.1 Å². The van der Waals surface area contributed by atoms with Crippen molar-refractivity contribution in [3.63, 3.8) is 0 Å². The Bertz CT molecular complexity index is 327. The second kappa shape index (κ2) is 5.24. The maximum Gasteiger partial charge on any atom is 0.126 e. The van der Waals surface area contributed by atoms with Crippen LogP contribution in [-0.4, -0.2) is 17.8 Å². The van der Waals surface area contributed by atoms with Crippen LogP contribution < -0.4 is 5.32 Å². The topological polar surface area (TPSA) is 32.3 Å². The minimum absolute atomic E-state index is 0.0179. The Morgan fingerprint density at radius 3 is 2.60 bits per heavy atom. The number of rotatable bonds is 4. The van der Waals surface area contributed by atoms with Gasteiger partial charge in [-0.1, -0.05) is 12.1 Å². The summed E-state index contributed by atoms with van der Waals surface area (Å²) in [4.78, 5) is 0. The Kier molecular flexibility index (Phi) is 4.24. The van der Waals surface area contributed by atoms with Gasteiger partial charge in [0.05, 0.1) is 6.61 Å². The molecule has 15 heavy (non-hydrogen) atoms. The molecule has 1 rings (SSSR count). The molecule has 0 aliphatic carbocycles. The van der Waals surface area contributed by atoms with E-state index in [-0.39, 0.29) is 24.5 Å². The highest BCUT2D eigenvalue weighted by Crippen LogP contribution is 2.16. The highest BCUT2D eigenvalue weighted by molar-refractivity contribution is 5.25. The van der Waals surface area contributed by atoms with E-state index in [1.54, 1.807) is 13.0 Å². The first-order chi connectivity index (χ1) is 7.04. The van der Waals surface area contributed by atoms with Gasteiger partial charge in [-0.2, -0.15) is 0 Å². The van der Waals surface area contributed by atoms with Crippen LogP contribution in [0, 0.1) is 12.7 Å². The van der Waals surface area contributed by atoms with Crippen molar-refractivity contribution in [2.24, 2.45) is 0 Å². The van der Waals surface area contributed by atoms with Crippen LogP contribution in [0.3, 0.4) is 0 Å². The summed E-state index contributed by atoms with van der Waals surface area (Å²) in [6.45, 7) is 5.67. The molecule has 0 saturated carbocycles. The lowest BCUT2D eigenvalue weighted by Gasteiger charge is -2.18. The summed E-state index contributed by atoms with van der Waals surface area (Å²) < 4.78 is 13.3. The second-order valence-electron chi connectivity index (χ2n) is 3.98. The molecule has 0 bridgehead atoms. The SMILES string of the molecule is Cc1ccc(C(C)NC(C)CO)cc1F. The van der Waals surface area contributed by atoms with Gasteiger partial charge in [-0.15, -0.1) is 0 Å². The van der Waals surface area contributed by atoms with Crippen molar-refractivity contribution in [1.29, 1.82) is 0 Å². The van der Waals surface area contributed by atoms with Crippen molar-refractivity contribution < 1.29 is 9.50 Å². The van der Waals surface area contributed by atoms with Gasteiger partial charge in [0.15, 0.2) is 0 Å². The van der Waals surface area contributed by atoms with E-state index in [2.05, 4.69) is 5.32 Å². The Balaban J connectivity index is 2.73. The van der Waals surface area contributed by atoms with Crippen LogP contribution in [0.4, 0.5) is 4.39 Å². The summed E-state index contributed by atoms with van der Waals surface area (Å²) >= 11 is 0. The van der Waals surface area contributed by atoms with Gasteiger partial charge in [-0.25, -0.2) is 4.39 Å². The normalized spacial score (nSPS) is 15.0. The lowest BCUT2D eigenvalue weighted by Crippen LogP contribution is -2.31. The third-order valence-electron chi connectivity index (χ3n) is 2.50. The van der Waals surface area contributed by atoms with E-state index in [9.17, 15) is 4.39 Å². The van der Waals surface area contributed by atoms with E-state index >= 15 is 0 Å². The number of nitrogens with one attached hydrogen (secondary N) is 1. The van der Waals surface area contributed by atoms with Gasteiger partial charge < -0.3 is 10.4 Å². The molecule has 0 aliphatic heterocycles. The van der Waals surface area contributed by atoms with Crippen LogP contribution in [0.1, 0.15) is 31.0 Å². The first-order valence-electron chi connectivity index (χ1n) is 5.17. The predicted octanol–water partition coefficient (Wildman–Crippen LogP) is 2.17. The molecule has 84 valence electrons. The largest absolute Gasteiger partial charge is 0.395 e. The lowest BCUT2D eigenvalue weighted by atomic mass is 10.1. The predicted molar refractivity (Wildman–Crippen MR) is 59.2 cm³/mol. The average Bonchev–Trinajstić information content (AvgIpc) is 2.21. The van der Waals surface area contributed by atoms with Gasteiger partial charge in [-0.05, 0) is 38.0 Å². The zero-order valence-corrected chi connectivity index (χ0v) is 9.42. The molecule has 2 nitrogen and oxygen atoms in total. The molecule has 0 aromatic heterocycles. The minimum Gasteiger partial charge on any atom is -0.395 e. The van der Waals surface area contributed by atoms with Gasteiger partial charge in [0.2, 0.25) is 0 Å². The number of aryl methyl sites for hydroxylation is 1. The van der Waals surface area contributed by atoms with Crippen LogP contribution in [0.5, 0.6) is 0 Å². The molecular weight excluding hydrogens is 193 g/mol. The van der Waals surface area contributed by atoms with Crippen LogP contribution in [0.15, 0.2) is 18.2 Å². The van der Waals surface area contributed by atoms with E-state index in [1.165, 1.54) is 6.07 Å². The summed E-state index contributed by atoms with van der Waals surface area (Å²) in [5, 5.41) is 12.1. The summed E-state index contributed by atoms with van der Waals surface area (Å²) in [5.74, 6) is -0.183. The number of aliphatic hydroxyl groups is 1. The zero-order valence-electron chi connectivity index (χ0n) is 9.42. The Hall–Kier alpha value is -0.930. The fraction of sp³-hybridized carbons (Fsp3) is 0.500. The van der Waals surface area contributed by atoms with Gasteiger partial charge in [0.25, 0.3) is 0 Å². The monoisotopic (exact) mass is 211 g/mol. The molecule has 0 fully saturated rings. The summed E-state index contributed by atoms with van der Waals surface area (Å²) in [6, 6.07) is 5.27. The Labute approximate surface area is 90.1 Å². The van der Waals surface area contributed by atoms with Gasteiger partial charge in [-0.3, -0.25) is 0 Å². The maximum absolute atomic E-state index is 13.3. The molecule has 1 aromatic carbocycles. The summed E-state index contributed by atoms with van der Waals surface area (Å²) in [7, 11) is 0. The lowest BCUT2D eigenvalue weighted by molar-refractivity contribution is 0.243. The number of hydrogen-bond donors (Lipinski definition) is 2. The molecule has 0 spiro atoms. The smallest absolute Gasteiger partial charge is 0.126 e. The van der Waals surface area contributed by atoms with Crippen LogP contribution in [0.2, 0.25) is 0 Å². The van der Waals surface area contributed by atoms with Crippen molar-refractivity contribution in [3.8, 4) is 0 Å². The number of aliphatic hydroxyl groups excluding tert-OH is 1. The first kappa shape index (κ1) is 12.1. The van der Waals surface area contributed by atoms with E-state index in [4.69, 9.17) is 5.11 Å². The molecule has 0 aliphatic rings. The van der Waals surface area contributed by atoms with Crippen molar-refractivity contribution in [2.75, 3.05) is 6.61 Å². The summed E-state index contributed by atoms with van der Waals surface area (Å²) in [5.41, 5.74) is 1.56. The minimum atomic E-state index is -0.183. The molecule has 0 amide bonds. The number of hydrogen-bond acceptors (Lipinski definition) is 2. The van der Waals surface area contributed by atoms with E-state index < -0.39 is 0 Å². The molecular formula is C12H18FNO. The molecule has 1 aromatic rings. The quantitative estimate of drug-likeness (QED) is 0.800. The van der Waals surface area contributed by atoms with Gasteiger partial charge >= 0.3 is 0 Å². The first-order valence-corrected chi connectivity index (χ1v) is 5.17. The number of benzene rings is 1. The fourth-order valence-electron chi connectivity index (χ4n) is 1.45. The highest BCUT2D eigenvalue weighted by Gasteiger charge is 2.09. The van der Waals surface area contributed by atoms with Crippen LogP contribution in [-0.2, 0) is 0 Å².